The number of anilines is 1. The predicted molar refractivity (Wildman–Crippen MR) is 82.9 cm³/mol. The Hall–Kier alpha value is -3.03. The highest BCUT2D eigenvalue weighted by molar-refractivity contribution is 5.93. The molecule has 0 aliphatic rings. The molecule has 0 aliphatic carbocycles. The number of amides is 2. The number of carbonyl (C=O) groups is 1. The molecule has 3 N–H and O–H groups in total. The normalized spacial score (nSPS) is 10.7. The Morgan fingerprint density at radius 3 is 2.91 bits per heavy atom. The number of benzene rings is 1. The van der Waals surface area contributed by atoms with E-state index < -0.39 is 0 Å². The number of fused-ring (bicyclic) bond motifs is 1. The quantitative estimate of drug-likeness (QED) is 0.689. The predicted octanol–water partition coefficient (Wildman–Crippen LogP) is 2.06. The van der Waals surface area contributed by atoms with Crippen molar-refractivity contribution >= 4 is 22.8 Å². The summed E-state index contributed by atoms with van der Waals surface area (Å²) in [6.07, 6.45) is 1.55. The topological polar surface area (TPSA) is 98.9 Å². The molecule has 0 bridgehead atoms. The maximum atomic E-state index is 11.8. The lowest BCUT2D eigenvalue weighted by atomic mass is 10.3. The monoisotopic (exact) mass is 300 g/mol. The first-order valence-electron chi connectivity index (χ1n) is 6.64. The fraction of sp³-hybridized carbons (Fsp3) is 0.214. The lowest BCUT2D eigenvalue weighted by Gasteiger charge is -2.11. The summed E-state index contributed by atoms with van der Waals surface area (Å²) < 4.78 is 5.19. The van der Waals surface area contributed by atoms with Gasteiger partial charge in [0.2, 0.25) is 0 Å². The molecule has 22 heavy (non-hydrogen) atoms. The van der Waals surface area contributed by atoms with E-state index in [1.54, 1.807) is 27.4 Å². The van der Waals surface area contributed by atoms with E-state index in [2.05, 4.69) is 25.5 Å². The van der Waals surface area contributed by atoms with E-state index in [1.165, 1.54) is 4.90 Å². The zero-order chi connectivity index (χ0) is 15.7. The number of imidazole rings is 1. The molecule has 0 saturated carbocycles. The summed E-state index contributed by atoms with van der Waals surface area (Å²) in [5, 5.41) is 9.58. The van der Waals surface area contributed by atoms with Gasteiger partial charge in [-0.15, -0.1) is 0 Å². The van der Waals surface area contributed by atoms with Crippen molar-refractivity contribution in [2.24, 2.45) is 0 Å². The zero-order valence-electron chi connectivity index (χ0n) is 12.5. The van der Waals surface area contributed by atoms with Gasteiger partial charge < -0.3 is 19.9 Å². The highest BCUT2D eigenvalue weighted by atomic mass is 16.5. The Balaban J connectivity index is 1.98. The molecule has 2 aromatic heterocycles. The highest BCUT2D eigenvalue weighted by Gasteiger charge is 2.15. The smallest absolute Gasteiger partial charge is 0.321 e. The second-order valence-electron chi connectivity index (χ2n) is 4.95. The minimum atomic E-state index is -0.236. The first-order chi connectivity index (χ1) is 10.6. The van der Waals surface area contributed by atoms with Crippen LogP contribution in [0, 0.1) is 0 Å². The molecule has 8 heteroatoms. The third-order valence-electron chi connectivity index (χ3n) is 3.21. The molecule has 3 aromatic rings. The Morgan fingerprint density at radius 1 is 1.36 bits per heavy atom. The van der Waals surface area contributed by atoms with Crippen LogP contribution in [0.4, 0.5) is 10.5 Å². The summed E-state index contributed by atoms with van der Waals surface area (Å²) in [4.78, 5) is 20.9. The van der Waals surface area contributed by atoms with E-state index in [1.807, 2.05) is 18.2 Å². The molecule has 0 aliphatic heterocycles. The summed E-state index contributed by atoms with van der Waals surface area (Å²) in [5.74, 6) is 1.34. The van der Waals surface area contributed by atoms with Crippen molar-refractivity contribution in [1.29, 1.82) is 0 Å². The highest BCUT2D eigenvalue weighted by Crippen LogP contribution is 2.27. The van der Waals surface area contributed by atoms with Gasteiger partial charge >= 0.3 is 6.03 Å². The number of aromatic nitrogens is 4. The van der Waals surface area contributed by atoms with E-state index in [4.69, 9.17) is 4.74 Å². The van der Waals surface area contributed by atoms with Gasteiger partial charge in [-0.1, -0.05) is 0 Å². The first kappa shape index (κ1) is 13.9. The largest absolute Gasteiger partial charge is 0.497 e. The molecule has 8 nitrogen and oxygen atoms in total. The Kier molecular flexibility index (Phi) is 3.42. The minimum Gasteiger partial charge on any atom is -0.497 e. The van der Waals surface area contributed by atoms with Crippen LogP contribution in [0.25, 0.3) is 22.6 Å². The van der Waals surface area contributed by atoms with Crippen LogP contribution < -0.4 is 10.1 Å². The van der Waals surface area contributed by atoms with Crippen LogP contribution in [-0.2, 0) is 0 Å². The summed E-state index contributed by atoms with van der Waals surface area (Å²) in [6, 6.07) is 5.33. The zero-order valence-corrected chi connectivity index (χ0v) is 12.5. The summed E-state index contributed by atoms with van der Waals surface area (Å²) >= 11 is 0. The average molecular weight is 300 g/mol. The molecular weight excluding hydrogens is 284 g/mol. The van der Waals surface area contributed by atoms with Crippen molar-refractivity contribution in [2.45, 2.75) is 0 Å². The molecule has 2 amide bonds. The number of methoxy groups -OCH3 is 1. The van der Waals surface area contributed by atoms with Gasteiger partial charge in [0.05, 0.1) is 30.0 Å². The van der Waals surface area contributed by atoms with E-state index in [0.29, 0.717) is 17.2 Å². The van der Waals surface area contributed by atoms with Gasteiger partial charge in [0.1, 0.15) is 11.4 Å². The van der Waals surface area contributed by atoms with Gasteiger partial charge in [-0.2, -0.15) is 5.10 Å². The summed E-state index contributed by atoms with van der Waals surface area (Å²) in [7, 11) is 4.95. The third-order valence-corrected chi connectivity index (χ3v) is 3.21. The molecule has 0 fully saturated rings. The van der Waals surface area contributed by atoms with Crippen molar-refractivity contribution in [3.63, 3.8) is 0 Å². The number of aromatic amines is 2. The number of ether oxygens (including phenoxy) is 1. The second kappa shape index (κ2) is 5.40. The van der Waals surface area contributed by atoms with Crippen molar-refractivity contribution in [3.8, 4) is 17.3 Å². The van der Waals surface area contributed by atoms with E-state index >= 15 is 0 Å². The number of rotatable bonds is 3. The lowest BCUT2D eigenvalue weighted by molar-refractivity contribution is 0.230. The number of hydrogen-bond acceptors (Lipinski definition) is 4. The molecule has 0 atom stereocenters. The van der Waals surface area contributed by atoms with Crippen LogP contribution >= 0.6 is 0 Å². The van der Waals surface area contributed by atoms with Crippen molar-refractivity contribution in [2.75, 3.05) is 26.5 Å². The Morgan fingerprint density at radius 2 is 2.18 bits per heavy atom. The van der Waals surface area contributed by atoms with Gasteiger partial charge in [0.25, 0.3) is 0 Å². The number of carbonyl (C=O) groups excluding carboxylic acids is 1. The Labute approximate surface area is 126 Å². The molecule has 2 heterocycles. The molecule has 114 valence electrons. The number of nitrogens with zero attached hydrogens (tertiary/aromatic N) is 3. The van der Waals surface area contributed by atoms with Gasteiger partial charge in [0, 0.05) is 20.2 Å². The number of H-pyrrole nitrogens is 2. The molecular formula is C14H16N6O2. The minimum absolute atomic E-state index is 0.236. The number of hydrogen-bond donors (Lipinski definition) is 3. The van der Waals surface area contributed by atoms with Crippen LogP contribution in [0.3, 0.4) is 0 Å². The van der Waals surface area contributed by atoms with Crippen LogP contribution in [0.15, 0.2) is 24.4 Å². The van der Waals surface area contributed by atoms with Crippen molar-refractivity contribution < 1.29 is 9.53 Å². The van der Waals surface area contributed by atoms with Gasteiger partial charge in [-0.3, -0.25) is 5.10 Å². The molecule has 0 radical (unpaired) electrons. The van der Waals surface area contributed by atoms with Crippen LogP contribution in [0.2, 0.25) is 0 Å². The molecule has 0 spiro atoms. The van der Waals surface area contributed by atoms with Crippen molar-refractivity contribution in [3.05, 3.63) is 24.4 Å². The third kappa shape index (κ3) is 2.46. The van der Waals surface area contributed by atoms with Crippen LogP contribution in [0.1, 0.15) is 0 Å². The lowest BCUT2D eigenvalue weighted by Crippen LogP contribution is -2.27. The van der Waals surface area contributed by atoms with Crippen molar-refractivity contribution in [1.82, 2.24) is 25.1 Å². The maximum Gasteiger partial charge on any atom is 0.321 e. The standard InChI is InChI=1S/C14H16N6O2/c1-20(2)14(21)18-11-7-15-19-12(11)13-16-9-5-4-8(22-3)6-10(9)17-13/h4-7H,1-3H3,(H,15,19)(H,16,17)(H,18,21). The van der Waals surface area contributed by atoms with E-state index in [9.17, 15) is 4.79 Å². The van der Waals surface area contributed by atoms with Crippen LogP contribution in [-0.4, -0.2) is 52.3 Å². The first-order valence-corrected chi connectivity index (χ1v) is 6.64. The summed E-state index contributed by atoms with van der Waals surface area (Å²) in [6.45, 7) is 0. The number of nitrogens with one attached hydrogen (secondary N) is 3. The molecule has 0 saturated heterocycles. The maximum absolute atomic E-state index is 11.8. The molecule has 0 unspecified atom stereocenters. The fourth-order valence-electron chi connectivity index (χ4n) is 2.02. The Bertz CT molecular complexity index is 820. The molecule has 1 aromatic carbocycles. The SMILES string of the molecule is COc1ccc2nc(-c3[nH]ncc3NC(=O)N(C)C)[nH]c2c1. The van der Waals surface area contributed by atoms with Gasteiger partial charge in [-0.05, 0) is 12.1 Å². The van der Waals surface area contributed by atoms with Gasteiger partial charge in [0.15, 0.2) is 5.82 Å². The second-order valence-corrected chi connectivity index (χ2v) is 4.95. The fourth-order valence-corrected chi connectivity index (χ4v) is 2.02. The average Bonchev–Trinajstić information content (AvgIpc) is 3.11. The van der Waals surface area contributed by atoms with E-state index in [0.717, 1.165) is 16.8 Å². The van der Waals surface area contributed by atoms with Crippen LogP contribution in [0.5, 0.6) is 5.75 Å². The summed E-state index contributed by atoms with van der Waals surface area (Å²) in [5.41, 5.74) is 2.82. The molecule has 3 rings (SSSR count). The number of urea groups is 1. The van der Waals surface area contributed by atoms with E-state index in [-0.39, 0.29) is 6.03 Å². The van der Waals surface area contributed by atoms with Gasteiger partial charge in [-0.25, -0.2) is 9.78 Å².